The maximum absolute atomic E-state index is 13.1. The van der Waals surface area contributed by atoms with Crippen molar-refractivity contribution < 1.29 is 14.5 Å². The number of hydrogen-bond donors (Lipinski definition) is 2. The number of benzene rings is 2. The second kappa shape index (κ2) is 8.22. The van der Waals surface area contributed by atoms with Crippen molar-refractivity contribution in [2.75, 3.05) is 11.9 Å². The van der Waals surface area contributed by atoms with Crippen LogP contribution < -0.4 is 10.6 Å². The molecule has 122 valence electrons. The number of hydrogen-bond acceptors (Lipinski definition) is 1. The fraction of sp³-hybridized carbons (Fsp3) is 0.278. The fourth-order valence-corrected chi connectivity index (χ4v) is 2.89. The van der Waals surface area contributed by atoms with E-state index in [9.17, 15) is 9.18 Å². The topological polar surface area (TPSA) is 45.7 Å². The summed E-state index contributed by atoms with van der Waals surface area (Å²) in [6, 6.07) is 14.1. The Morgan fingerprint density at radius 1 is 1.22 bits per heavy atom. The predicted molar refractivity (Wildman–Crippen MR) is 93.5 cm³/mol. The first-order valence-corrected chi connectivity index (χ1v) is 8.39. The molecule has 2 aromatic rings. The van der Waals surface area contributed by atoms with Gasteiger partial charge in [0.05, 0.1) is 0 Å². The van der Waals surface area contributed by atoms with Crippen LogP contribution in [0.2, 0.25) is 0 Å². The van der Waals surface area contributed by atoms with Gasteiger partial charge in [-0.3, -0.25) is 4.79 Å². The highest BCUT2D eigenvalue weighted by Crippen LogP contribution is 2.18. The number of quaternary nitrogens is 1. The lowest BCUT2D eigenvalue weighted by atomic mass is 9.96. The standard InChI is InChI=1S/C18H20BrFN2O/c1-12(2)18(13-6-8-15(20)9-7-13)21-11-17(23)22-16-5-3-4-14(19)10-16/h3-10,12,18,21H,11H2,1-2H3,(H,22,23)/p+1/t18-/m0/s1. The summed E-state index contributed by atoms with van der Waals surface area (Å²) in [7, 11) is 0. The third-order valence-corrected chi connectivity index (χ3v) is 4.13. The van der Waals surface area contributed by atoms with Crippen molar-refractivity contribution in [3.63, 3.8) is 0 Å². The van der Waals surface area contributed by atoms with Gasteiger partial charge in [0.25, 0.3) is 5.91 Å². The predicted octanol–water partition coefficient (Wildman–Crippen LogP) is 3.49. The van der Waals surface area contributed by atoms with Crippen LogP contribution in [-0.4, -0.2) is 12.5 Å². The van der Waals surface area contributed by atoms with E-state index in [1.54, 1.807) is 12.1 Å². The summed E-state index contributed by atoms with van der Waals surface area (Å²) in [5.74, 6) is 0.0265. The smallest absolute Gasteiger partial charge is 0.279 e. The summed E-state index contributed by atoms with van der Waals surface area (Å²) >= 11 is 3.38. The highest BCUT2D eigenvalue weighted by molar-refractivity contribution is 9.10. The van der Waals surface area contributed by atoms with Crippen molar-refractivity contribution in [3.8, 4) is 0 Å². The first kappa shape index (κ1) is 17.6. The molecule has 2 rings (SSSR count). The van der Waals surface area contributed by atoms with Gasteiger partial charge in [0.15, 0.2) is 6.54 Å². The van der Waals surface area contributed by atoms with Gasteiger partial charge in [0, 0.05) is 21.6 Å². The van der Waals surface area contributed by atoms with E-state index >= 15 is 0 Å². The van der Waals surface area contributed by atoms with Crippen LogP contribution >= 0.6 is 15.9 Å². The molecule has 0 bridgehead atoms. The molecule has 0 fully saturated rings. The van der Waals surface area contributed by atoms with Gasteiger partial charge in [-0.1, -0.05) is 48.0 Å². The molecule has 1 amide bonds. The van der Waals surface area contributed by atoms with Crippen molar-refractivity contribution in [1.82, 2.24) is 0 Å². The number of amides is 1. The Balaban J connectivity index is 1.96. The van der Waals surface area contributed by atoms with Crippen LogP contribution in [0.5, 0.6) is 0 Å². The lowest BCUT2D eigenvalue weighted by Crippen LogP contribution is -2.88. The number of carbonyl (C=O) groups excluding carboxylic acids is 1. The van der Waals surface area contributed by atoms with Crippen LogP contribution in [-0.2, 0) is 4.79 Å². The highest BCUT2D eigenvalue weighted by Gasteiger charge is 2.20. The van der Waals surface area contributed by atoms with Crippen LogP contribution in [0.15, 0.2) is 53.0 Å². The van der Waals surface area contributed by atoms with E-state index in [1.165, 1.54) is 12.1 Å². The Labute approximate surface area is 144 Å². The van der Waals surface area contributed by atoms with Crippen LogP contribution in [0.1, 0.15) is 25.5 Å². The molecular weight excluding hydrogens is 359 g/mol. The Bertz CT molecular complexity index is 658. The molecule has 1 atom stereocenters. The van der Waals surface area contributed by atoms with Gasteiger partial charge < -0.3 is 10.6 Å². The van der Waals surface area contributed by atoms with E-state index in [4.69, 9.17) is 0 Å². The number of carbonyl (C=O) groups is 1. The van der Waals surface area contributed by atoms with Crippen molar-refractivity contribution >= 4 is 27.5 Å². The number of rotatable bonds is 6. The van der Waals surface area contributed by atoms with Crippen molar-refractivity contribution in [1.29, 1.82) is 0 Å². The molecule has 2 aromatic carbocycles. The van der Waals surface area contributed by atoms with E-state index in [-0.39, 0.29) is 17.8 Å². The third kappa shape index (κ3) is 5.44. The molecule has 0 saturated heterocycles. The van der Waals surface area contributed by atoms with Gasteiger partial charge in [-0.05, 0) is 30.3 Å². The van der Waals surface area contributed by atoms with Gasteiger partial charge in [0.2, 0.25) is 0 Å². The van der Waals surface area contributed by atoms with Crippen molar-refractivity contribution in [3.05, 3.63) is 64.4 Å². The van der Waals surface area contributed by atoms with E-state index < -0.39 is 0 Å². The molecule has 0 aliphatic heterocycles. The molecule has 0 spiro atoms. The minimum absolute atomic E-state index is 0.0594. The van der Waals surface area contributed by atoms with E-state index in [2.05, 4.69) is 35.1 Å². The van der Waals surface area contributed by atoms with Crippen molar-refractivity contribution in [2.45, 2.75) is 19.9 Å². The maximum atomic E-state index is 13.1. The van der Waals surface area contributed by atoms with Gasteiger partial charge in [-0.2, -0.15) is 0 Å². The SMILES string of the molecule is CC(C)[C@H]([NH2+]CC(=O)Nc1cccc(Br)c1)c1ccc(F)cc1. The average Bonchev–Trinajstić information content (AvgIpc) is 2.49. The second-order valence-electron chi connectivity index (χ2n) is 5.82. The zero-order chi connectivity index (χ0) is 16.8. The molecule has 3 N–H and O–H groups in total. The lowest BCUT2D eigenvalue weighted by molar-refractivity contribution is -0.692. The zero-order valence-corrected chi connectivity index (χ0v) is 14.8. The Morgan fingerprint density at radius 3 is 2.52 bits per heavy atom. The normalized spacial score (nSPS) is 12.2. The zero-order valence-electron chi connectivity index (χ0n) is 13.2. The summed E-state index contributed by atoms with van der Waals surface area (Å²) in [6.07, 6.45) is 0. The summed E-state index contributed by atoms with van der Waals surface area (Å²) in [4.78, 5) is 12.1. The number of halogens is 2. The Hall–Kier alpha value is -1.72. The van der Waals surface area contributed by atoms with E-state index in [0.29, 0.717) is 12.5 Å². The summed E-state index contributed by atoms with van der Waals surface area (Å²) in [5.41, 5.74) is 1.79. The summed E-state index contributed by atoms with van der Waals surface area (Å²) in [6.45, 7) is 4.50. The molecule has 0 aliphatic carbocycles. The summed E-state index contributed by atoms with van der Waals surface area (Å²) < 4.78 is 14.0. The fourth-order valence-electron chi connectivity index (χ4n) is 2.49. The Kier molecular flexibility index (Phi) is 6.30. The number of anilines is 1. The minimum Gasteiger partial charge on any atom is -0.332 e. The van der Waals surface area contributed by atoms with Crippen LogP contribution in [0, 0.1) is 11.7 Å². The van der Waals surface area contributed by atoms with Crippen molar-refractivity contribution in [2.24, 2.45) is 5.92 Å². The quantitative estimate of drug-likeness (QED) is 0.792. The minimum atomic E-state index is -0.247. The van der Waals surface area contributed by atoms with Crippen LogP contribution in [0.25, 0.3) is 0 Å². The molecule has 5 heteroatoms. The van der Waals surface area contributed by atoms with Gasteiger partial charge in [-0.25, -0.2) is 4.39 Å². The van der Waals surface area contributed by atoms with E-state index in [0.717, 1.165) is 15.7 Å². The van der Waals surface area contributed by atoms with Gasteiger partial charge >= 0.3 is 0 Å². The average molecular weight is 380 g/mol. The molecular formula is C18H21BrFN2O+. The molecule has 0 radical (unpaired) electrons. The molecule has 0 aliphatic rings. The third-order valence-electron chi connectivity index (χ3n) is 3.64. The highest BCUT2D eigenvalue weighted by atomic mass is 79.9. The number of nitrogens with two attached hydrogens (primary N) is 1. The molecule has 3 nitrogen and oxygen atoms in total. The second-order valence-corrected chi connectivity index (χ2v) is 6.74. The molecule has 0 saturated carbocycles. The molecule has 23 heavy (non-hydrogen) atoms. The largest absolute Gasteiger partial charge is 0.332 e. The summed E-state index contributed by atoms with van der Waals surface area (Å²) in [5, 5.41) is 4.87. The van der Waals surface area contributed by atoms with Crippen LogP contribution in [0.4, 0.5) is 10.1 Å². The first-order chi connectivity index (χ1) is 11.0. The van der Waals surface area contributed by atoms with Crippen LogP contribution in [0.3, 0.4) is 0 Å². The number of nitrogens with one attached hydrogen (secondary N) is 1. The maximum Gasteiger partial charge on any atom is 0.279 e. The Morgan fingerprint density at radius 2 is 1.91 bits per heavy atom. The van der Waals surface area contributed by atoms with Gasteiger partial charge in [-0.15, -0.1) is 0 Å². The lowest BCUT2D eigenvalue weighted by Gasteiger charge is -2.19. The first-order valence-electron chi connectivity index (χ1n) is 7.60. The van der Waals surface area contributed by atoms with Gasteiger partial charge in [0.1, 0.15) is 11.9 Å². The molecule has 0 unspecified atom stereocenters. The molecule has 0 aromatic heterocycles. The molecule has 0 heterocycles. The monoisotopic (exact) mass is 379 g/mol. The van der Waals surface area contributed by atoms with E-state index in [1.807, 2.05) is 29.6 Å².